The van der Waals surface area contributed by atoms with E-state index in [9.17, 15) is 14.7 Å². The first-order chi connectivity index (χ1) is 20.3. The number of aryl methyl sites for hydroxylation is 2. The largest absolute Gasteiger partial charge is 0.505 e. The predicted octanol–water partition coefficient (Wildman–Crippen LogP) is 5.68. The first-order valence-electron chi connectivity index (χ1n) is 14.6. The molecule has 0 spiro atoms. The molecule has 0 aliphatic carbocycles. The number of hydrogen-bond acceptors (Lipinski definition) is 6. The second-order valence-corrected chi connectivity index (χ2v) is 10.6. The van der Waals surface area contributed by atoms with E-state index in [4.69, 9.17) is 9.72 Å². The van der Waals surface area contributed by atoms with Crippen molar-refractivity contribution in [2.75, 3.05) is 26.2 Å². The number of aliphatic hydroxyl groups excluding tert-OH is 1. The van der Waals surface area contributed by atoms with Crippen molar-refractivity contribution in [3.8, 4) is 5.75 Å². The number of pyridine rings is 1. The third-order valence-electron chi connectivity index (χ3n) is 8.06. The number of aromatic nitrogens is 2. The SMILES string of the molecule is CCN(CC)CCCN1C(=O)C(=O)C(=C(O)c2nc3c(C)cccn3c2C)C1c1ccc(OCc2ccccc2)cc1. The summed E-state index contributed by atoms with van der Waals surface area (Å²) in [5, 5.41) is 11.7. The third-order valence-corrected chi connectivity index (χ3v) is 8.06. The molecular weight excluding hydrogens is 528 g/mol. The Bertz CT molecular complexity index is 1600. The number of carbonyl (C=O) groups is 2. The Morgan fingerprint density at radius 3 is 2.36 bits per heavy atom. The summed E-state index contributed by atoms with van der Waals surface area (Å²) in [6.45, 7) is 11.5. The van der Waals surface area contributed by atoms with Crippen molar-refractivity contribution >= 4 is 23.1 Å². The molecular formula is C34H38N4O4. The zero-order valence-electron chi connectivity index (χ0n) is 24.7. The van der Waals surface area contributed by atoms with Crippen molar-refractivity contribution in [3.05, 3.63) is 107 Å². The number of nitrogens with zero attached hydrogens (tertiary/aromatic N) is 4. The van der Waals surface area contributed by atoms with Gasteiger partial charge in [-0.25, -0.2) is 4.98 Å². The maximum Gasteiger partial charge on any atom is 0.295 e. The molecule has 0 radical (unpaired) electrons. The molecule has 42 heavy (non-hydrogen) atoms. The van der Waals surface area contributed by atoms with Crippen molar-refractivity contribution in [2.24, 2.45) is 0 Å². The molecule has 4 aromatic rings. The van der Waals surface area contributed by atoms with Crippen molar-refractivity contribution in [2.45, 2.75) is 46.8 Å². The minimum atomic E-state index is -0.741. The number of imidazole rings is 1. The van der Waals surface area contributed by atoms with Gasteiger partial charge < -0.3 is 24.0 Å². The summed E-state index contributed by atoms with van der Waals surface area (Å²) >= 11 is 0. The molecule has 1 atom stereocenters. The van der Waals surface area contributed by atoms with Crippen LogP contribution in [0, 0.1) is 13.8 Å². The highest BCUT2D eigenvalue weighted by atomic mass is 16.5. The maximum atomic E-state index is 13.6. The number of hydrogen-bond donors (Lipinski definition) is 1. The predicted molar refractivity (Wildman–Crippen MR) is 163 cm³/mol. The van der Waals surface area contributed by atoms with Crippen LogP contribution >= 0.6 is 0 Å². The first kappa shape index (κ1) is 29.1. The Balaban J connectivity index is 1.52. The Morgan fingerprint density at radius 1 is 0.976 bits per heavy atom. The van der Waals surface area contributed by atoms with E-state index in [1.165, 1.54) is 0 Å². The van der Waals surface area contributed by atoms with Crippen LogP contribution in [0.25, 0.3) is 11.4 Å². The standard InChI is InChI=1S/C34H38N4O4/c1-5-36(6-2)19-11-21-38-30(26-15-17-27(18-16-26)42-22-25-13-8-7-9-14-25)28(32(40)34(38)41)31(39)29-24(4)37-20-10-12-23(3)33(37)35-29/h7-10,12-18,20,30,39H,5-6,11,19,21-22H2,1-4H3. The molecule has 1 unspecified atom stereocenters. The van der Waals surface area contributed by atoms with Gasteiger partial charge in [0.2, 0.25) is 0 Å². The van der Waals surface area contributed by atoms with Gasteiger partial charge >= 0.3 is 0 Å². The number of Topliss-reactive ketones (excluding diaryl/α,β-unsaturated/α-hetero) is 1. The molecule has 1 aliphatic rings. The zero-order chi connectivity index (χ0) is 29.8. The minimum Gasteiger partial charge on any atom is -0.505 e. The van der Waals surface area contributed by atoms with Crippen molar-refractivity contribution in [3.63, 3.8) is 0 Å². The lowest BCUT2D eigenvalue weighted by Crippen LogP contribution is -2.33. The lowest BCUT2D eigenvalue weighted by atomic mass is 9.96. The van der Waals surface area contributed by atoms with E-state index in [1.807, 2.05) is 91.2 Å². The topological polar surface area (TPSA) is 87.4 Å². The molecule has 1 N–H and O–H groups in total. The molecule has 2 aromatic carbocycles. The highest BCUT2D eigenvalue weighted by Gasteiger charge is 2.46. The fourth-order valence-electron chi connectivity index (χ4n) is 5.62. The third kappa shape index (κ3) is 5.67. The molecule has 8 heteroatoms. The lowest BCUT2D eigenvalue weighted by molar-refractivity contribution is -0.140. The van der Waals surface area contributed by atoms with E-state index in [2.05, 4.69) is 18.7 Å². The van der Waals surface area contributed by atoms with E-state index in [0.29, 0.717) is 42.4 Å². The van der Waals surface area contributed by atoms with Crippen LogP contribution in [0.1, 0.15) is 54.4 Å². The van der Waals surface area contributed by atoms with Crippen LogP contribution in [0.15, 0.2) is 78.5 Å². The quantitative estimate of drug-likeness (QED) is 0.143. The van der Waals surface area contributed by atoms with Crippen LogP contribution < -0.4 is 4.74 Å². The van der Waals surface area contributed by atoms with Gasteiger partial charge in [0.15, 0.2) is 5.76 Å². The van der Waals surface area contributed by atoms with E-state index in [0.717, 1.165) is 36.3 Å². The highest BCUT2D eigenvalue weighted by molar-refractivity contribution is 6.46. The van der Waals surface area contributed by atoms with Crippen molar-refractivity contribution in [1.82, 2.24) is 19.2 Å². The molecule has 1 fully saturated rings. The molecule has 5 rings (SSSR count). The van der Waals surface area contributed by atoms with Crippen LogP contribution in [-0.2, 0) is 16.2 Å². The highest BCUT2D eigenvalue weighted by Crippen LogP contribution is 2.40. The fourth-order valence-corrected chi connectivity index (χ4v) is 5.62. The number of likely N-dealkylation sites (tertiary alicyclic amines) is 1. The summed E-state index contributed by atoms with van der Waals surface area (Å²) in [5.41, 5.74) is 4.48. The van der Waals surface area contributed by atoms with E-state index < -0.39 is 17.7 Å². The fraction of sp³-hybridized carbons (Fsp3) is 0.324. The van der Waals surface area contributed by atoms with Gasteiger partial charge in [-0.05, 0) is 74.8 Å². The normalized spacial score (nSPS) is 16.6. The Hall–Kier alpha value is -4.43. The minimum absolute atomic E-state index is 0.0601. The smallest absolute Gasteiger partial charge is 0.295 e. The van der Waals surface area contributed by atoms with Gasteiger partial charge in [0.05, 0.1) is 17.3 Å². The Kier molecular flexibility index (Phi) is 8.73. The number of fused-ring (bicyclic) bond motifs is 1. The summed E-state index contributed by atoms with van der Waals surface area (Å²) in [5.74, 6) is -0.886. The summed E-state index contributed by atoms with van der Waals surface area (Å²) < 4.78 is 7.86. The zero-order valence-corrected chi connectivity index (χ0v) is 24.7. The van der Waals surface area contributed by atoms with Crippen LogP contribution in [0.5, 0.6) is 5.75 Å². The second-order valence-electron chi connectivity index (χ2n) is 10.6. The molecule has 218 valence electrons. The van der Waals surface area contributed by atoms with Crippen LogP contribution in [0.2, 0.25) is 0 Å². The number of ketones is 1. The number of rotatable bonds is 11. The monoisotopic (exact) mass is 566 g/mol. The molecule has 0 saturated carbocycles. The Morgan fingerprint density at radius 2 is 1.69 bits per heavy atom. The molecule has 2 aromatic heterocycles. The van der Waals surface area contributed by atoms with E-state index in [-0.39, 0.29) is 11.3 Å². The summed E-state index contributed by atoms with van der Waals surface area (Å²) in [6, 6.07) is 20.4. The molecule has 1 aliphatic heterocycles. The van der Waals surface area contributed by atoms with E-state index in [1.54, 1.807) is 4.90 Å². The average molecular weight is 567 g/mol. The number of ether oxygens (including phenoxy) is 1. The molecule has 0 bridgehead atoms. The number of carbonyl (C=O) groups excluding carboxylic acids is 2. The van der Waals surface area contributed by atoms with Crippen molar-refractivity contribution in [1.29, 1.82) is 0 Å². The molecule has 1 saturated heterocycles. The van der Waals surface area contributed by atoms with Crippen LogP contribution in [0.4, 0.5) is 0 Å². The van der Waals surface area contributed by atoms with Gasteiger partial charge in [-0.15, -0.1) is 0 Å². The molecule has 3 heterocycles. The first-order valence-corrected chi connectivity index (χ1v) is 14.6. The number of benzene rings is 2. The average Bonchev–Trinajstić information content (AvgIpc) is 3.48. The molecule has 8 nitrogen and oxygen atoms in total. The van der Waals surface area contributed by atoms with Crippen LogP contribution in [0.3, 0.4) is 0 Å². The second kappa shape index (κ2) is 12.6. The summed E-state index contributed by atoms with van der Waals surface area (Å²) in [6.07, 6.45) is 2.58. The number of aliphatic hydroxyl groups is 1. The molecule has 1 amide bonds. The van der Waals surface area contributed by atoms with Gasteiger partial charge in [-0.1, -0.05) is 62.4 Å². The number of amides is 1. The van der Waals surface area contributed by atoms with Crippen LogP contribution in [-0.4, -0.2) is 62.2 Å². The van der Waals surface area contributed by atoms with Gasteiger partial charge in [-0.3, -0.25) is 9.59 Å². The lowest BCUT2D eigenvalue weighted by Gasteiger charge is -2.27. The Labute approximate surface area is 246 Å². The van der Waals surface area contributed by atoms with E-state index >= 15 is 0 Å². The van der Waals surface area contributed by atoms with Gasteiger partial charge in [0, 0.05) is 12.7 Å². The maximum absolute atomic E-state index is 13.6. The summed E-state index contributed by atoms with van der Waals surface area (Å²) in [4.78, 5) is 35.6. The van der Waals surface area contributed by atoms with Gasteiger partial charge in [0.25, 0.3) is 11.7 Å². The van der Waals surface area contributed by atoms with Gasteiger partial charge in [0.1, 0.15) is 23.7 Å². The van der Waals surface area contributed by atoms with Crippen molar-refractivity contribution < 1.29 is 19.4 Å². The summed E-state index contributed by atoms with van der Waals surface area (Å²) in [7, 11) is 0. The van der Waals surface area contributed by atoms with Gasteiger partial charge in [-0.2, -0.15) is 0 Å².